The van der Waals surface area contributed by atoms with Crippen molar-refractivity contribution in [2.45, 2.75) is 19.3 Å². The zero-order valence-corrected chi connectivity index (χ0v) is 11.9. The van der Waals surface area contributed by atoms with E-state index in [9.17, 15) is 0 Å². The van der Waals surface area contributed by atoms with Gasteiger partial charge in [-0.1, -0.05) is 6.07 Å². The lowest BCUT2D eigenvalue weighted by Gasteiger charge is -2.22. The number of ether oxygens (including phenoxy) is 3. The van der Waals surface area contributed by atoms with E-state index in [-0.39, 0.29) is 0 Å². The number of hydrogen-bond acceptors (Lipinski definition) is 4. The van der Waals surface area contributed by atoms with Crippen LogP contribution in [0.1, 0.15) is 18.4 Å². The molecule has 20 heavy (non-hydrogen) atoms. The molecule has 2 aliphatic rings. The Kier molecular flexibility index (Phi) is 4.77. The van der Waals surface area contributed by atoms with Crippen molar-refractivity contribution in [2.75, 3.05) is 39.5 Å². The molecule has 0 aliphatic carbocycles. The second-order valence-electron chi connectivity index (χ2n) is 5.52. The van der Waals surface area contributed by atoms with Crippen LogP contribution in [0.4, 0.5) is 0 Å². The molecule has 0 bridgehead atoms. The minimum absolute atomic E-state index is 0.649. The van der Waals surface area contributed by atoms with Gasteiger partial charge in [-0.05, 0) is 49.4 Å². The number of fused-ring (bicyclic) bond motifs is 1. The van der Waals surface area contributed by atoms with Crippen LogP contribution in [0.2, 0.25) is 0 Å². The average molecular weight is 277 g/mol. The second-order valence-corrected chi connectivity index (χ2v) is 5.52. The second kappa shape index (κ2) is 6.95. The summed E-state index contributed by atoms with van der Waals surface area (Å²) in [5, 5.41) is 3.53. The van der Waals surface area contributed by atoms with Gasteiger partial charge in [0.15, 0.2) is 11.5 Å². The van der Waals surface area contributed by atoms with Crippen LogP contribution in [0.5, 0.6) is 11.5 Å². The molecule has 4 nitrogen and oxygen atoms in total. The summed E-state index contributed by atoms with van der Waals surface area (Å²) in [6, 6.07) is 6.23. The number of benzene rings is 1. The zero-order valence-electron chi connectivity index (χ0n) is 11.9. The minimum Gasteiger partial charge on any atom is -0.486 e. The summed E-state index contributed by atoms with van der Waals surface area (Å²) in [4.78, 5) is 0. The smallest absolute Gasteiger partial charge is 0.161 e. The first-order valence-corrected chi connectivity index (χ1v) is 7.59. The van der Waals surface area contributed by atoms with E-state index in [1.165, 1.54) is 18.4 Å². The Morgan fingerprint density at radius 1 is 1.10 bits per heavy atom. The van der Waals surface area contributed by atoms with E-state index in [0.29, 0.717) is 19.1 Å². The highest BCUT2D eigenvalue weighted by Gasteiger charge is 2.13. The summed E-state index contributed by atoms with van der Waals surface area (Å²) in [7, 11) is 0. The molecular formula is C16H23NO3. The maximum Gasteiger partial charge on any atom is 0.161 e. The summed E-state index contributed by atoms with van der Waals surface area (Å²) >= 11 is 0. The van der Waals surface area contributed by atoms with Gasteiger partial charge in [-0.25, -0.2) is 0 Å². The van der Waals surface area contributed by atoms with Gasteiger partial charge in [0, 0.05) is 13.2 Å². The fraction of sp³-hybridized carbons (Fsp3) is 0.625. The molecule has 1 aromatic carbocycles. The van der Waals surface area contributed by atoms with Gasteiger partial charge in [-0.2, -0.15) is 0 Å². The molecule has 0 saturated carbocycles. The fourth-order valence-electron chi connectivity index (χ4n) is 2.75. The third-order valence-corrected chi connectivity index (χ3v) is 3.88. The molecule has 0 aromatic heterocycles. The maximum atomic E-state index is 5.60. The van der Waals surface area contributed by atoms with E-state index in [1.54, 1.807) is 0 Å². The van der Waals surface area contributed by atoms with Crippen molar-refractivity contribution in [1.29, 1.82) is 0 Å². The van der Waals surface area contributed by atoms with Gasteiger partial charge in [-0.3, -0.25) is 0 Å². The van der Waals surface area contributed by atoms with Crippen molar-refractivity contribution in [3.05, 3.63) is 23.8 Å². The van der Waals surface area contributed by atoms with Crippen molar-refractivity contribution in [1.82, 2.24) is 5.32 Å². The molecule has 1 saturated heterocycles. The van der Waals surface area contributed by atoms with E-state index in [2.05, 4.69) is 17.4 Å². The maximum absolute atomic E-state index is 5.60. The third kappa shape index (κ3) is 3.64. The third-order valence-electron chi connectivity index (χ3n) is 3.88. The fourth-order valence-corrected chi connectivity index (χ4v) is 2.75. The Balaban J connectivity index is 1.41. The first kappa shape index (κ1) is 13.7. The van der Waals surface area contributed by atoms with Gasteiger partial charge in [0.05, 0.1) is 6.61 Å². The Hall–Kier alpha value is -1.26. The quantitative estimate of drug-likeness (QED) is 0.836. The van der Waals surface area contributed by atoms with E-state index in [4.69, 9.17) is 14.2 Å². The summed E-state index contributed by atoms with van der Waals surface area (Å²) in [6.45, 7) is 5.21. The summed E-state index contributed by atoms with van der Waals surface area (Å²) < 4.78 is 16.6. The van der Waals surface area contributed by atoms with Crippen LogP contribution in [0.25, 0.3) is 0 Å². The SMILES string of the molecule is c1cc2c(cc1CCNCC1CCCOC1)OCCO2. The van der Waals surface area contributed by atoms with Crippen molar-refractivity contribution in [3.8, 4) is 11.5 Å². The largest absolute Gasteiger partial charge is 0.486 e. The van der Waals surface area contributed by atoms with Gasteiger partial charge in [0.1, 0.15) is 13.2 Å². The van der Waals surface area contributed by atoms with Crippen LogP contribution in [-0.4, -0.2) is 39.5 Å². The monoisotopic (exact) mass is 277 g/mol. The molecule has 4 heteroatoms. The van der Waals surface area contributed by atoms with E-state index < -0.39 is 0 Å². The van der Waals surface area contributed by atoms with Crippen LogP contribution >= 0.6 is 0 Å². The predicted molar refractivity (Wildman–Crippen MR) is 77.5 cm³/mol. The number of nitrogens with one attached hydrogen (secondary N) is 1. The number of hydrogen-bond donors (Lipinski definition) is 1. The van der Waals surface area contributed by atoms with Crippen LogP contribution in [-0.2, 0) is 11.2 Å². The summed E-state index contributed by atoms with van der Waals surface area (Å²) in [5.41, 5.74) is 1.29. The molecule has 3 rings (SSSR count). The molecule has 1 N–H and O–H groups in total. The van der Waals surface area contributed by atoms with E-state index in [1.807, 2.05) is 6.07 Å². The highest BCUT2D eigenvalue weighted by atomic mass is 16.6. The molecule has 0 radical (unpaired) electrons. The van der Waals surface area contributed by atoms with Crippen molar-refractivity contribution in [2.24, 2.45) is 5.92 Å². The lowest BCUT2D eigenvalue weighted by atomic mass is 10.0. The summed E-state index contributed by atoms with van der Waals surface area (Å²) in [5.74, 6) is 2.44. The minimum atomic E-state index is 0.649. The number of rotatable bonds is 5. The molecule has 0 spiro atoms. The molecule has 2 heterocycles. The van der Waals surface area contributed by atoms with E-state index >= 15 is 0 Å². The van der Waals surface area contributed by atoms with Crippen LogP contribution in [0.3, 0.4) is 0 Å². The Bertz CT molecular complexity index is 430. The molecule has 1 aromatic rings. The lowest BCUT2D eigenvalue weighted by molar-refractivity contribution is 0.0550. The normalized spacial score (nSPS) is 21.7. The van der Waals surface area contributed by atoms with Crippen molar-refractivity contribution in [3.63, 3.8) is 0 Å². The highest BCUT2D eigenvalue weighted by Crippen LogP contribution is 2.30. The Morgan fingerprint density at radius 3 is 2.85 bits per heavy atom. The molecule has 110 valence electrons. The van der Waals surface area contributed by atoms with Crippen LogP contribution in [0, 0.1) is 5.92 Å². The molecule has 0 amide bonds. The van der Waals surface area contributed by atoms with E-state index in [0.717, 1.165) is 44.2 Å². The summed E-state index contributed by atoms with van der Waals surface area (Å²) in [6.07, 6.45) is 3.51. The van der Waals surface area contributed by atoms with Gasteiger partial charge in [0.2, 0.25) is 0 Å². The Morgan fingerprint density at radius 2 is 2.00 bits per heavy atom. The van der Waals surface area contributed by atoms with Gasteiger partial charge in [0.25, 0.3) is 0 Å². The lowest BCUT2D eigenvalue weighted by Crippen LogP contribution is -2.30. The molecule has 2 aliphatic heterocycles. The first-order valence-electron chi connectivity index (χ1n) is 7.59. The standard InChI is InChI=1S/C16H23NO3/c1-2-14(12-18-7-1)11-17-6-5-13-3-4-15-16(10-13)20-9-8-19-15/h3-4,10,14,17H,1-2,5-9,11-12H2. The first-order chi connectivity index (χ1) is 9.92. The molecule has 1 unspecified atom stereocenters. The van der Waals surface area contributed by atoms with Gasteiger partial charge in [-0.15, -0.1) is 0 Å². The zero-order chi connectivity index (χ0) is 13.6. The Labute approximate surface area is 120 Å². The molecular weight excluding hydrogens is 254 g/mol. The van der Waals surface area contributed by atoms with Crippen molar-refractivity contribution < 1.29 is 14.2 Å². The molecule has 1 atom stereocenters. The predicted octanol–water partition coefficient (Wildman–Crippen LogP) is 2.02. The van der Waals surface area contributed by atoms with Crippen LogP contribution < -0.4 is 14.8 Å². The van der Waals surface area contributed by atoms with Gasteiger partial charge >= 0.3 is 0 Å². The van der Waals surface area contributed by atoms with Crippen LogP contribution in [0.15, 0.2) is 18.2 Å². The average Bonchev–Trinajstić information content (AvgIpc) is 2.52. The van der Waals surface area contributed by atoms with Gasteiger partial charge < -0.3 is 19.5 Å². The molecule has 1 fully saturated rings. The van der Waals surface area contributed by atoms with Crippen molar-refractivity contribution >= 4 is 0 Å². The highest BCUT2D eigenvalue weighted by molar-refractivity contribution is 5.43. The topological polar surface area (TPSA) is 39.7 Å².